The van der Waals surface area contributed by atoms with E-state index in [4.69, 9.17) is 16.7 Å². The second-order valence-corrected chi connectivity index (χ2v) is 4.33. The molecule has 0 aliphatic heterocycles. The quantitative estimate of drug-likeness (QED) is 0.863. The van der Waals surface area contributed by atoms with Crippen LogP contribution in [0.5, 0.6) is 0 Å². The number of carboxylic acid groups (broad SMARTS) is 1. The van der Waals surface area contributed by atoms with Crippen molar-refractivity contribution in [2.24, 2.45) is 0 Å². The van der Waals surface area contributed by atoms with Gasteiger partial charge in [-0.25, -0.2) is 4.79 Å². The lowest BCUT2D eigenvalue weighted by molar-refractivity contribution is -0.167. The number of aromatic carboxylic acids is 1. The first-order valence-electron chi connectivity index (χ1n) is 4.23. The van der Waals surface area contributed by atoms with Crippen molar-refractivity contribution in [3.8, 4) is 0 Å². The predicted octanol–water partition coefficient (Wildman–Crippen LogP) is 3.30. The standard InChI is InChI=1S/C9H4BrClF3NO3/c10-4-1-3(7(16)17)6(2-5(4)11)15-8(18)9(12,13)14/h1-2H,(H,15,18)(H,16,17). The molecule has 0 fully saturated rings. The van der Waals surface area contributed by atoms with Crippen molar-refractivity contribution < 1.29 is 27.9 Å². The van der Waals surface area contributed by atoms with Crippen molar-refractivity contribution in [3.63, 3.8) is 0 Å². The minimum Gasteiger partial charge on any atom is -0.478 e. The van der Waals surface area contributed by atoms with Crippen LogP contribution in [0.15, 0.2) is 16.6 Å². The molecular weight excluding hydrogens is 342 g/mol. The lowest BCUT2D eigenvalue weighted by Gasteiger charge is -2.11. The molecular formula is C9H4BrClF3NO3. The molecule has 18 heavy (non-hydrogen) atoms. The average molecular weight is 346 g/mol. The van der Waals surface area contributed by atoms with Gasteiger partial charge in [-0.2, -0.15) is 13.2 Å². The maximum atomic E-state index is 12.0. The van der Waals surface area contributed by atoms with E-state index in [9.17, 15) is 22.8 Å². The van der Waals surface area contributed by atoms with Gasteiger partial charge in [-0.15, -0.1) is 0 Å². The molecule has 1 aromatic rings. The van der Waals surface area contributed by atoms with E-state index in [-0.39, 0.29) is 9.50 Å². The van der Waals surface area contributed by atoms with E-state index in [1.165, 1.54) is 5.32 Å². The van der Waals surface area contributed by atoms with Gasteiger partial charge in [0.05, 0.1) is 16.3 Å². The van der Waals surface area contributed by atoms with Crippen molar-refractivity contribution >= 4 is 45.1 Å². The van der Waals surface area contributed by atoms with Gasteiger partial charge >= 0.3 is 18.1 Å². The number of amides is 1. The highest BCUT2D eigenvalue weighted by Crippen LogP contribution is 2.30. The molecule has 0 saturated carbocycles. The van der Waals surface area contributed by atoms with E-state index < -0.39 is 29.3 Å². The average Bonchev–Trinajstić information content (AvgIpc) is 2.21. The van der Waals surface area contributed by atoms with Gasteiger partial charge in [-0.1, -0.05) is 11.6 Å². The number of halogens is 5. The first kappa shape index (κ1) is 14.8. The summed E-state index contributed by atoms with van der Waals surface area (Å²) >= 11 is 8.54. The van der Waals surface area contributed by atoms with Crippen LogP contribution in [0.1, 0.15) is 10.4 Å². The fourth-order valence-electron chi connectivity index (χ4n) is 1.02. The fraction of sp³-hybridized carbons (Fsp3) is 0.111. The summed E-state index contributed by atoms with van der Waals surface area (Å²) in [5.41, 5.74) is -1.04. The highest BCUT2D eigenvalue weighted by atomic mass is 79.9. The first-order valence-corrected chi connectivity index (χ1v) is 5.40. The third-order valence-electron chi connectivity index (χ3n) is 1.80. The number of carbonyl (C=O) groups excluding carboxylic acids is 1. The monoisotopic (exact) mass is 345 g/mol. The van der Waals surface area contributed by atoms with Crippen molar-refractivity contribution in [3.05, 3.63) is 27.2 Å². The molecule has 0 aromatic heterocycles. The van der Waals surface area contributed by atoms with Crippen LogP contribution >= 0.6 is 27.5 Å². The Morgan fingerprint density at radius 1 is 1.33 bits per heavy atom. The summed E-state index contributed by atoms with van der Waals surface area (Å²) in [6.07, 6.45) is -5.12. The summed E-state index contributed by atoms with van der Waals surface area (Å²) in [7, 11) is 0. The van der Waals surface area contributed by atoms with Crippen LogP contribution in [0.2, 0.25) is 5.02 Å². The molecule has 1 amide bonds. The summed E-state index contributed by atoms with van der Waals surface area (Å²) < 4.78 is 36.3. The van der Waals surface area contributed by atoms with Crippen molar-refractivity contribution in [2.75, 3.05) is 5.32 Å². The van der Waals surface area contributed by atoms with Gasteiger partial charge in [0.1, 0.15) is 0 Å². The summed E-state index contributed by atoms with van der Waals surface area (Å²) in [4.78, 5) is 21.5. The Morgan fingerprint density at radius 3 is 2.33 bits per heavy atom. The molecule has 2 N–H and O–H groups in total. The van der Waals surface area contributed by atoms with Gasteiger partial charge < -0.3 is 10.4 Å². The third-order valence-corrected chi connectivity index (χ3v) is 2.99. The van der Waals surface area contributed by atoms with Crippen molar-refractivity contribution in [2.45, 2.75) is 6.18 Å². The largest absolute Gasteiger partial charge is 0.478 e. The van der Waals surface area contributed by atoms with E-state index in [2.05, 4.69) is 15.9 Å². The molecule has 9 heteroatoms. The van der Waals surface area contributed by atoms with Crippen LogP contribution in [-0.2, 0) is 4.79 Å². The number of hydrogen-bond acceptors (Lipinski definition) is 2. The molecule has 1 aromatic carbocycles. The van der Waals surface area contributed by atoms with Gasteiger partial charge in [0, 0.05) is 4.47 Å². The number of carbonyl (C=O) groups is 2. The normalized spacial score (nSPS) is 11.2. The Kier molecular flexibility index (Phi) is 4.23. The first-order chi connectivity index (χ1) is 8.12. The van der Waals surface area contributed by atoms with Gasteiger partial charge in [0.2, 0.25) is 0 Å². The van der Waals surface area contributed by atoms with Crippen LogP contribution < -0.4 is 5.32 Å². The number of benzene rings is 1. The number of nitrogens with one attached hydrogen (secondary N) is 1. The minimum absolute atomic E-state index is 0.0301. The summed E-state index contributed by atoms with van der Waals surface area (Å²) in [6.45, 7) is 0. The zero-order valence-corrected chi connectivity index (χ0v) is 10.7. The molecule has 0 spiro atoms. The number of hydrogen-bond donors (Lipinski definition) is 2. The Hall–Kier alpha value is -1.28. The maximum absolute atomic E-state index is 12.0. The zero-order chi connectivity index (χ0) is 14.1. The minimum atomic E-state index is -5.12. The molecule has 0 bridgehead atoms. The Labute approximate surface area is 112 Å². The molecule has 4 nitrogen and oxygen atoms in total. The van der Waals surface area contributed by atoms with E-state index in [0.717, 1.165) is 12.1 Å². The summed E-state index contributed by atoms with van der Waals surface area (Å²) in [5.74, 6) is -3.77. The van der Waals surface area contributed by atoms with Crippen LogP contribution in [-0.4, -0.2) is 23.2 Å². The Morgan fingerprint density at radius 2 is 1.89 bits per heavy atom. The zero-order valence-electron chi connectivity index (χ0n) is 8.31. The Balaban J connectivity index is 3.20. The van der Waals surface area contributed by atoms with Gasteiger partial charge in [-0.05, 0) is 28.1 Å². The van der Waals surface area contributed by atoms with Crippen LogP contribution in [0.3, 0.4) is 0 Å². The number of carboxylic acids is 1. The molecule has 98 valence electrons. The third kappa shape index (κ3) is 3.36. The number of anilines is 1. The lowest BCUT2D eigenvalue weighted by Crippen LogP contribution is -2.30. The van der Waals surface area contributed by atoms with Crippen LogP contribution in [0.4, 0.5) is 18.9 Å². The second kappa shape index (κ2) is 5.15. The summed E-state index contributed by atoms with van der Waals surface area (Å²) in [5, 5.41) is 10.2. The molecule has 1 rings (SSSR count). The van der Waals surface area contributed by atoms with E-state index >= 15 is 0 Å². The van der Waals surface area contributed by atoms with Crippen molar-refractivity contribution in [1.82, 2.24) is 0 Å². The molecule has 0 heterocycles. The van der Waals surface area contributed by atoms with E-state index in [1.54, 1.807) is 0 Å². The van der Waals surface area contributed by atoms with Crippen molar-refractivity contribution in [1.29, 1.82) is 0 Å². The predicted molar refractivity (Wildman–Crippen MR) is 60.8 cm³/mol. The molecule has 0 atom stereocenters. The maximum Gasteiger partial charge on any atom is 0.471 e. The highest BCUT2D eigenvalue weighted by Gasteiger charge is 2.39. The van der Waals surface area contributed by atoms with Crippen LogP contribution in [0.25, 0.3) is 0 Å². The molecule has 0 aliphatic carbocycles. The van der Waals surface area contributed by atoms with E-state index in [1.807, 2.05) is 0 Å². The SMILES string of the molecule is O=C(O)c1cc(Br)c(Cl)cc1NC(=O)C(F)(F)F. The Bertz CT molecular complexity index is 519. The number of alkyl halides is 3. The molecule has 0 unspecified atom stereocenters. The lowest BCUT2D eigenvalue weighted by atomic mass is 10.2. The molecule has 0 aliphatic rings. The molecule has 0 radical (unpaired) electrons. The smallest absolute Gasteiger partial charge is 0.471 e. The van der Waals surface area contributed by atoms with Gasteiger partial charge in [0.15, 0.2) is 0 Å². The van der Waals surface area contributed by atoms with Crippen LogP contribution in [0, 0.1) is 0 Å². The topological polar surface area (TPSA) is 66.4 Å². The second-order valence-electron chi connectivity index (χ2n) is 3.07. The molecule has 0 saturated heterocycles. The van der Waals surface area contributed by atoms with Gasteiger partial charge in [0.25, 0.3) is 0 Å². The number of rotatable bonds is 2. The highest BCUT2D eigenvalue weighted by molar-refractivity contribution is 9.10. The van der Waals surface area contributed by atoms with E-state index in [0.29, 0.717) is 0 Å². The summed E-state index contributed by atoms with van der Waals surface area (Å²) in [6, 6.07) is 1.91. The van der Waals surface area contributed by atoms with Gasteiger partial charge in [-0.3, -0.25) is 4.79 Å². The fourth-order valence-corrected chi connectivity index (χ4v) is 1.53.